The van der Waals surface area contributed by atoms with Crippen molar-refractivity contribution in [2.75, 3.05) is 18.0 Å². The molecule has 2 aromatic carbocycles. The minimum Gasteiger partial charge on any atom is -0.337 e. The van der Waals surface area contributed by atoms with Crippen molar-refractivity contribution < 1.29 is 9.59 Å². The van der Waals surface area contributed by atoms with Gasteiger partial charge in [-0.15, -0.1) is 0 Å². The van der Waals surface area contributed by atoms with Gasteiger partial charge in [-0.25, -0.2) is 0 Å². The Kier molecular flexibility index (Phi) is 7.09. The highest BCUT2D eigenvalue weighted by Gasteiger charge is 2.41. The average molecular weight is 405 g/mol. The fourth-order valence-electron chi connectivity index (χ4n) is 3.95. The molecule has 0 spiro atoms. The van der Waals surface area contributed by atoms with Crippen molar-refractivity contribution in [3.63, 3.8) is 0 Å². The Morgan fingerprint density at radius 2 is 1.57 bits per heavy atom. The van der Waals surface area contributed by atoms with Gasteiger partial charge in [-0.2, -0.15) is 0 Å². The molecule has 0 radical (unpaired) electrons. The highest BCUT2D eigenvalue weighted by Crippen LogP contribution is 2.35. The van der Waals surface area contributed by atoms with Gasteiger partial charge in [-0.05, 0) is 56.0 Å². The molecule has 0 fully saturated rings. The summed E-state index contributed by atoms with van der Waals surface area (Å²) in [5.41, 5.74) is 5.03. The summed E-state index contributed by atoms with van der Waals surface area (Å²) in [5, 5.41) is 0. The van der Waals surface area contributed by atoms with Gasteiger partial charge in [0.05, 0.1) is 5.57 Å². The predicted octanol–water partition coefficient (Wildman–Crippen LogP) is 5.49. The lowest BCUT2D eigenvalue weighted by Gasteiger charge is -2.25. The van der Waals surface area contributed by atoms with E-state index in [9.17, 15) is 9.59 Å². The second kappa shape index (κ2) is 9.75. The molecule has 0 unspecified atom stereocenters. The lowest BCUT2D eigenvalue weighted by Crippen LogP contribution is -2.36. The number of aryl methyl sites for hydroxylation is 2. The number of nitrogens with zero attached hydrogens (tertiary/aromatic N) is 2. The molecule has 1 aliphatic rings. The van der Waals surface area contributed by atoms with Gasteiger partial charge in [-0.1, -0.05) is 62.6 Å². The van der Waals surface area contributed by atoms with E-state index in [2.05, 4.69) is 13.8 Å². The Morgan fingerprint density at radius 3 is 2.20 bits per heavy atom. The van der Waals surface area contributed by atoms with Crippen molar-refractivity contribution >= 4 is 23.1 Å². The summed E-state index contributed by atoms with van der Waals surface area (Å²) in [4.78, 5) is 30.4. The van der Waals surface area contributed by atoms with E-state index in [0.717, 1.165) is 42.5 Å². The molecule has 0 atom stereocenters. The summed E-state index contributed by atoms with van der Waals surface area (Å²) < 4.78 is 0. The molecule has 0 saturated carbocycles. The van der Waals surface area contributed by atoms with Crippen LogP contribution in [0.25, 0.3) is 5.57 Å². The van der Waals surface area contributed by atoms with Gasteiger partial charge in [0.1, 0.15) is 5.70 Å². The van der Waals surface area contributed by atoms with Gasteiger partial charge >= 0.3 is 0 Å². The molecule has 3 rings (SSSR count). The van der Waals surface area contributed by atoms with Crippen LogP contribution in [0.4, 0.5) is 5.69 Å². The number of rotatable bonds is 9. The Bertz CT molecular complexity index is 947. The molecule has 0 saturated heterocycles. The number of imide groups is 1. The van der Waals surface area contributed by atoms with Crippen LogP contribution in [0, 0.1) is 13.8 Å². The number of likely N-dealkylation sites (N-methyl/N-ethyl adjacent to an activating group) is 1. The lowest BCUT2D eigenvalue weighted by atomic mass is 9.99. The second-order valence-corrected chi connectivity index (χ2v) is 7.93. The molecule has 30 heavy (non-hydrogen) atoms. The lowest BCUT2D eigenvalue weighted by molar-refractivity contribution is -0.137. The number of unbranched alkanes of at least 4 members (excludes halogenated alkanes) is 3. The Morgan fingerprint density at radius 1 is 0.833 bits per heavy atom. The molecule has 4 nitrogen and oxygen atoms in total. The quantitative estimate of drug-likeness (QED) is 0.410. The number of benzene rings is 2. The monoisotopic (exact) mass is 404 g/mol. The average Bonchev–Trinajstić information content (AvgIpc) is 2.99. The summed E-state index contributed by atoms with van der Waals surface area (Å²) in [6, 6.07) is 15.8. The Balaban J connectivity index is 2.07. The minimum absolute atomic E-state index is 0.177. The van der Waals surface area contributed by atoms with Crippen LogP contribution in [0.15, 0.2) is 54.2 Å². The van der Waals surface area contributed by atoms with Crippen LogP contribution >= 0.6 is 0 Å². The van der Waals surface area contributed by atoms with Gasteiger partial charge in [0.15, 0.2) is 0 Å². The number of carbonyl (C=O) groups excluding carboxylic acids is 2. The van der Waals surface area contributed by atoms with Crippen molar-refractivity contribution in [1.29, 1.82) is 0 Å². The fraction of sp³-hybridized carbons (Fsp3) is 0.385. The maximum Gasteiger partial charge on any atom is 0.278 e. The van der Waals surface area contributed by atoms with E-state index in [1.54, 1.807) is 0 Å². The van der Waals surface area contributed by atoms with Crippen molar-refractivity contribution in [3.8, 4) is 0 Å². The zero-order valence-corrected chi connectivity index (χ0v) is 18.6. The van der Waals surface area contributed by atoms with Gasteiger partial charge in [0.25, 0.3) is 11.8 Å². The Labute approximate surface area is 180 Å². The highest BCUT2D eigenvalue weighted by atomic mass is 16.2. The number of anilines is 1. The first-order chi connectivity index (χ1) is 14.5. The molecule has 1 heterocycles. The Hall–Kier alpha value is -2.88. The standard InChI is InChI=1S/C26H32N2O2/c1-5-7-8-12-17-28-25(29)23(21-16-15-19(3)20(4)18-21)24(26(28)30)27(6-2)22-13-10-9-11-14-22/h9-11,13-16,18H,5-8,12,17H2,1-4H3. The first-order valence-electron chi connectivity index (χ1n) is 11.0. The number of para-hydroxylation sites is 1. The summed E-state index contributed by atoms with van der Waals surface area (Å²) in [6.45, 7) is 9.34. The van der Waals surface area contributed by atoms with Crippen molar-refractivity contribution in [2.45, 2.75) is 53.4 Å². The molecule has 158 valence electrons. The van der Waals surface area contributed by atoms with Gasteiger partial charge < -0.3 is 4.90 Å². The molecule has 2 aromatic rings. The minimum atomic E-state index is -0.185. The number of hydrogen-bond acceptors (Lipinski definition) is 3. The van der Waals surface area contributed by atoms with Crippen molar-refractivity contribution in [2.24, 2.45) is 0 Å². The zero-order valence-electron chi connectivity index (χ0n) is 18.6. The van der Waals surface area contributed by atoms with Crippen LogP contribution in [0.2, 0.25) is 0 Å². The van der Waals surface area contributed by atoms with Gasteiger partial charge in [0, 0.05) is 18.8 Å². The van der Waals surface area contributed by atoms with Crippen LogP contribution < -0.4 is 4.90 Å². The van der Waals surface area contributed by atoms with E-state index in [4.69, 9.17) is 0 Å². The predicted molar refractivity (Wildman–Crippen MR) is 123 cm³/mol. The summed E-state index contributed by atoms with van der Waals surface area (Å²) in [7, 11) is 0. The van der Waals surface area contributed by atoms with Gasteiger partial charge in [0.2, 0.25) is 0 Å². The van der Waals surface area contributed by atoms with Crippen molar-refractivity contribution in [1.82, 2.24) is 4.90 Å². The SMILES string of the molecule is CCCCCCN1C(=O)C(c2ccc(C)c(C)c2)=C(N(CC)c2ccccc2)C1=O. The van der Waals surface area contributed by atoms with E-state index >= 15 is 0 Å². The molecule has 1 aliphatic heterocycles. The molecule has 0 N–H and O–H groups in total. The summed E-state index contributed by atoms with van der Waals surface area (Å²) in [5.74, 6) is -0.362. The molecule has 0 aliphatic carbocycles. The number of carbonyl (C=O) groups is 2. The van der Waals surface area contributed by atoms with E-state index < -0.39 is 0 Å². The topological polar surface area (TPSA) is 40.6 Å². The third-order valence-corrected chi connectivity index (χ3v) is 5.83. The molecular weight excluding hydrogens is 372 g/mol. The molecule has 4 heteroatoms. The second-order valence-electron chi connectivity index (χ2n) is 7.93. The highest BCUT2D eigenvalue weighted by molar-refractivity contribution is 6.36. The maximum atomic E-state index is 13.5. The molecule has 0 aromatic heterocycles. The number of hydrogen-bond donors (Lipinski definition) is 0. The van der Waals surface area contributed by atoms with Crippen molar-refractivity contribution in [3.05, 3.63) is 70.9 Å². The van der Waals surface area contributed by atoms with Gasteiger partial charge in [-0.3, -0.25) is 14.5 Å². The molecular formula is C26H32N2O2. The van der Waals surface area contributed by atoms with Crippen LogP contribution in [-0.4, -0.2) is 29.8 Å². The molecule has 0 bridgehead atoms. The third kappa shape index (κ3) is 4.33. The summed E-state index contributed by atoms with van der Waals surface area (Å²) in [6.07, 6.45) is 4.11. The largest absolute Gasteiger partial charge is 0.337 e. The third-order valence-electron chi connectivity index (χ3n) is 5.83. The normalized spacial score (nSPS) is 14.1. The van der Waals surface area contributed by atoms with E-state index in [-0.39, 0.29) is 11.8 Å². The molecule has 2 amide bonds. The van der Waals surface area contributed by atoms with E-state index in [1.807, 2.05) is 67.3 Å². The van der Waals surface area contributed by atoms with Crippen LogP contribution in [0.3, 0.4) is 0 Å². The van der Waals surface area contributed by atoms with E-state index in [0.29, 0.717) is 24.4 Å². The first-order valence-corrected chi connectivity index (χ1v) is 11.0. The smallest absolute Gasteiger partial charge is 0.278 e. The van der Waals surface area contributed by atoms with Crippen LogP contribution in [-0.2, 0) is 9.59 Å². The van der Waals surface area contributed by atoms with E-state index in [1.165, 1.54) is 10.5 Å². The number of amides is 2. The summed E-state index contributed by atoms with van der Waals surface area (Å²) >= 11 is 0. The maximum absolute atomic E-state index is 13.5. The zero-order chi connectivity index (χ0) is 21.7. The van der Waals surface area contributed by atoms with Crippen LogP contribution in [0.1, 0.15) is 56.2 Å². The van der Waals surface area contributed by atoms with Crippen LogP contribution in [0.5, 0.6) is 0 Å². The first kappa shape index (κ1) is 21.8. The fourth-order valence-corrected chi connectivity index (χ4v) is 3.95.